The monoisotopic (exact) mass is 341 g/mol. The highest BCUT2D eigenvalue weighted by molar-refractivity contribution is 5.60. The molecule has 3 aromatic rings. The Morgan fingerprint density at radius 3 is 2.56 bits per heavy atom. The summed E-state index contributed by atoms with van der Waals surface area (Å²) in [5.41, 5.74) is 8.04. The molecule has 7 heteroatoms. The molecule has 0 spiro atoms. The Balaban J connectivity index is 2.13. The molecule has 5 nitrogen and oxygen atoms in total. The molecule has 0 aliphatic heterocycles. The average Bonchev–Trinajstić information content (AvgIpc) is 2.60. The van der Waals surface area contributed by atoms with Crippen LogP contribution in [-0.2, 0) is 6.54 Å². The molecule has 1 aromatic carbocycles. The molecule has 0 radical (unpaired) electrons. The zero-order valence-corrected chi connectivity index (χ0v) is 13.9. The van der Waals surface area contributed by atoms with Gasteiger partial charge in [0.05, 0.1) is 17.9 Å². The van der Waals surface area contributed by atoms with E-state index in [0.717, 1.165) is 23.8 Å². The Kier molecular flexibility index (Phi) is 4.56. The van der Waals surface area contributed by atoms with Crippen molar-refractivity contribution >= 4 is 17.5 Å². The van der Waals surface area contributed by atoms with Crippen LogP contribution in [0.4, 0.5) is 26.2 Å². The van der Waals surface area contributed by atoms with Crippen molar-refractivity contribution in [2.45, 2.75) is 20.4 Å². The van der Waals surface area contributed by atoms with E-state index in [2.05, 4.69) is 15.0 Å². The maximum atomic E-state index is 14.4. The molecular formula is C18H17F2N5. The van der Waals surface area contributed by atoms with Crippen LogP contribution in [0.5, 0.6) is 0 Å². The summed E-state index contributed by atoms with van der Waals surface area (Å²) >= 11 is 0. The van der Waals surface area contributed by atoms with Gasteiger partial charge in [0.1, 0.15) is 17.5 Å². The van der Waals surface area contributed by atoms with Gasteiger partial charge in [0.15, 0.2) is 0 Å². The van der Waals surface area contributed by atoms with Gasteiger partial charge < -0.3 is 10.6 Å². The highest BCUT2D eigenvalue weighted by Gasteiger charge is 2.20. The highest BCUT2D eigenvalue weighted by atomic mass is 19.1. The molecule has 0 saturated carbocycles. The quantitative estimate of drug-likeness (QED) is 0.784. The van der Waals surface area contributed by atoms with E-state index in [1.165, 1.54) is 4.90 Å². The van der Waals surface area contributed by atoms with E-state index >= 15 is 0 Å². The van der Waals surface area contributed by atoms with Gasteiger partial charge in [0.25, 0.3) is 0 Å². The maximum absolute atomic E-state index is 14.4. The van der Waals surface area contributed by atoms with Gasteiger partial charge in [0.2, 0.25) is 5.95 Å². The lowest BCUT2D eigenvalue weighted by atomic mass is 10.2. The number of anilines is 3. The predicted molar refractivity (Wildman–Crippen MR) is 92.4 cm³/mol. The summed E-state index contributed by atoms with van der Waals surface area (Å²) in [5.74, 6) is -0.655. The highest BCUT2D eigenvalue weighted by Crippen LogP contribution is 2.29. The average molecular weight is 341 g/mol. The number of pyridine rings is 1. The van der Waals surface area contributed by atoms with Crippen molar-refractivity contribution in [3.63, 3.8) is 0 Å². The fourth-order valence-electron chi connectivity index (χ4n) is 2.37. The van der Waals surface area contributed by atoms with E-state index < -0.39 is 11.6 Å². The second kappa shape index (κ2) is 6.80. The number of aromatic nitrogens is 3. The second-order valence-corrected chi connectivity index (χ2v) is 5.62. The van der Waals surface area contributed by atoms with Gasteiger partial charge in [-0.2, -0.15) is 4.98 Å². The van der Waals surface area contributed by atoms with Crippen LogP contribution in [0.3, 0.4) is 0 Å². The summed E-state index contributed by atoms with van der Waals surface area (Å²) in [6.07, 6.45) is 1.63. The number of rotatable bonds is 4. The molecule has 0 bridgehead atoms. The van der Waals surface area contributed by atoms with E-state index in [1.54, 1.807) is 32.2 Å². The number of nitrogens with zero attached hydrogens (tertiary/aromatic N) is 4. The van der Waals surface area contributed by atoms with E-state index in [4.69, 9.17) is 5.73 Å². The van der Waals surface area contributed by atoms with Crippen molar-refractivity contribution < 1.29 is 8.78 Å². The van der Waals surface area contributed by atoms with Crippen LogP contribution in [0, 0.1) is 25.5 Å². The molecule has 2 N–H and O–H groups in total. The van der Waals surface area contributed by atoms with Crippen LogP contribution in [0.2, 0.25) is 0 Å². The molecular weight excluding hydrogens is 324 g/mol. The Hall–Kier alpha value is -3.09. The normalized spacial score (nSPS) is 10.7. The van der Waals surface area contributed by atoms with Gasteiger partial charge in [-0.15, -0.1) is 0 Å². The number of benzene rings is 1. The number of nitrogen functional groups attached to an aromatic ring is 1. The summed E-state index contributed by atoms with van der Waals surface area (Å²) in [4.78, 5) is 14.3. The van der Waals surface area contributed by atoms with Gasteiger partial charge >= 0.3 is 0 Å². The lowest BCUT2D eigenvalue weighted by Crippen LogP contribution is -2.22. The van der Waals surface area contributed by atoms with Crippen molar-refractivity contribution in [1.29, 1.82) is 0 Å². The molecule has 0 atom stereocenters. The van der Waals surface area contributed by atoms with E-state index in [-0.39, 0.29) is 18.2 Å². The first-order valence-corrected chi connectivity index (χ1v) is 7.69. The molecule has 0 aliphatic rings. The first kappa shape index (κ1) is 16.8. The minimum Gasteiger partial charge on any atom is -0.383 e. The van der Waals surface area contributed by atoms with Crippen LogP contribution in [-0.4, -0.2) is 15.0 Å². The van der Waals surface area contributed by atoms with Gasteiger partial charge in [-0.1, -0.05) is 6.07 Å². The van der Waals surface area contributed by atoms with E-state index in [0.29, 0.717) is 17.2 Å². The van der Waals surface area contributed by atoms with Gasteiger partial charge in [-0.05, 0) is 38.1 Å². The van der Waals surface area contributed by atoms with Crippen LogP contribution in [0.25, 0.3) is 0 Å². The Morgan fingerprint density at radius 1 is 1.08 bits per heavy atom. The standard InChI is InChI=1S/C18H17F2N5/c1-11-12(2)23-18(24-17(11)21)25(10-14-5-3-4-8-22-14)16-9-13(19)6-7-15(16)20/h3-9H,10H2,1-2H3,(H2,21,23,24). The summed E-state index contributed by atoms with van der Waals surface area (Å²) in [7, 11) is 0. The first-order chi connectivity index (χ1) is 12.0. The molecule has 0 unspecified atom stereocenters. The zero-order chi connectivity index (χ0) is 18.0. The predicted octanol–water partition coefficient (Wildman–Crippen LogP) is 3.69. The third-order valence-electron chi connectivity index (χ3n) is 3.90. The van der Waals surface area contributed by atoms with Gasteiger partial charge in [-0.3, -0.25) is 4.98 Å². The number of hydrogen-bond acceptors (Lipinski definition) is 5. The topological polar surface area (TPSA) is 67.9 Å². The number of aryl methyl sites for hydroxylation is 1. The SMILES string of the molecule is Cc1nc(N(Cc2ccccn2)c2cc(F)ccc2F)nc(N)c1C. The Bertz CT molecular complexity index is 876. The zero-order valence-electron chi connectivity index (χ0n) is 13.9. The maximum Gasteiger partial charge on any atom is 0.232 e. The molecule has 2 aromatic heterocycles. The van der Waals surface area contributed by atoms with Crippen molar-refractivity contribution in [2.75, 3.05) is 10.6 Å². The largest absolute Gasteiger partial charge is 0.383 e. The summed E-state index contributed by atoms with van der Waals surface area (Å²) in [6.45, 7) is 3.77. The Morgan fingerprint density at radius 2 is 1.88 bits per heavy atom. The van der Waals surface area contributed by atoms with E-state index in [9.17, 15) is 8.78 Å². The third kappa shape index (κ3) is 3.55. The number of nitrogens with two attached hydrogens (primary N) is 1. The smallest absolute Gasteiger partial charge is 0.232 e. The second-order valence-electron chi connectivity index (χ2n) is 5.62. The summed E-state index contributed by atoms with van der Waals surface area (Å²) in [5, 5.41) is 0. The lowest BCUT2D eigenvalue weighted by Gasteiger charge is -2.24. The summed E-state index contributed by atoms with van der Waals surface area (Å²) < 4.78 is 28.1. The minimum atomic E-state index is -0.585. The molecule has 0 fully saturated rings. The van der Waals surface area contributed by atoms with Crippen LogP contribution in [0.1, 0.15) is 17.0 Å². The molecule has 25 heavy (non-hydrogen) atoms. The van der Waals surface area contributed by atoms with Crippen LogP contribution >= 0.6 is 0 Å². The molecule has 0 saturated heterocycles. The van der Waals surface area contributed by atoms with Crippen molar-refractivity contribution in [3.05, 3.63) is 71.2 Å². The molecule has 2 heterocycles. The third-order valence-corrected chi connectivity index (χ3v) is 3.90. The number of halogens is 2. The fraction of sp³-hybridized carbons (Fsp3) is 0.167. The van der Waals surface area contributed by atoms with Crippen molar-refractivity contribution in [3.8, 4) is 0 Å². The molecule has 128 valence electrons. The molecule has 0 aliphatic carbocycles. The Labute approximate surface area is 144 Å². The summed E-state index contributed by atoms with van der Waals surface area (Å²) in [6, 6.07) is 8.62. The van der Waals surface area contributed by atoms with Crippen molar-refractivity contribution in [1.82, 2.24) is 15.0 Å². The first-order valence-electron chi connectivity index (χ1n) is 7.69. The molecule has 3 rings (SSSR count). The lowest BCUT2D eigenvalue weighted by molar-refractivity contribution is 0.597. The van der Waals surface area contributed by atoms with E-state index in [1.807, 2.05) is 6.07 Å². The molecule has 0 amide bonds. The van der Waals surface area contributed by atoms with Gasteiger partial charge in [-0.25, -0.2) is 13.8 Å². The van der Waals surface area contributed by atoms with Crippen molar-refractivity contribution in [2.24, 2.45) is 0 Å². The number of hydrogen-bond donors (Lipinski definition) is 1. The fourth-order valence-corrected chi connectivity index (χ4v) is 2.37. The van der Waals surface area contributed by atoms with Crippen LogP contribution < -0.4 is 10.6 Å². The van der Waals surface area contributed by atoms with Gasteiger partial charge in [0, 0.05) is 23.5 Å². The minimum absolute atomic E-state index is 0.0216. The van der Waals surface area contributed by atoms with Crippen LogP contribution in [0.15, 0.2) is 42.6 Å².